The molecule has 0 radical (unpaired) electrons. The van der Waals surface area contributed by atoms with Gasteiger partial charge in [0.1, 0.15) is 17.4 Å². The molecule has 5 heteroatoms. The smallest absolute Gasteiger partial charge is 0.231 e. The van der Waals surface area contributed by atoms with Crippen molar-refractivity contribution in [1.82, 2.24) is 4.98 Å². The van der Waals surface area contributed by atoms with Gasteiger partial charge in [-0.2, -0.15) is 0 Å². The Morgan fingerprint density at radius 1 is 1.17 bits per heavy atom. The molecule has 0 spiro atoms. The van der Waals surface area contributed by atoms with Crippen molar-refractivity contribution in [2.24, 2.45) is 0 Å². The first-order valence-electron chi connectivity index (χ1n) is 7.38. The second-order valence-electron chi connectivity index (χ2n) is 5.41. The summed E-state index contributed by atoms with van der Waals surface area (Å²) >= 11 is 6.26. The number of carbonyl (C=O) groups is 1. The van der Waals surface area contributed by atoms with E-state index in [-0.39, 0.29) is 5.78 Å². The van der Waals surface area contributed by atoms with E-state index in [1.807, 2.05) is 24.3 Å². The van der Waals surface area contributed by atoms with Crippen LogP contribution in [-0.4, -0.2) is 10.8 Å². The fraction of sp³-hybridized carbons (Fsp3) is 0.0526. The van der Waals surface area contributed by atoms with Gasteiger partial charge in [0.15, 0.2) is 11.5 Å². The number of aromatic nitrogens is 1. The second-order valence-corrected chi connectivity index (χ2v) is 5.82. The molecule has 0 unspecified atom stereocenters. The average Bonchev–Trinajstić information content (AvgIpc) is 2.96. The van der Waals surface area contributed by atoms with Gasteiger partial charge in [0.2, 0.25) is 5.71 Å². The van der Waals surface area contributed by atoms with Gasteiger partial charge >= 0.3 is 0 Å². The first-order chi connectivity index (χ1) is 11.6. The molecule has 4 aromatic rings. The van der Waals surface area contributed by atoms with Crippen LogP contribution >= 0.6 is 11.6 Å². The fourth-order valence-electron chi connectivity index (χ4n) is 2.63. The Kier molecular flexibility index (Phi) is 3.47. The van der Waals surface area contributed by atoms with Gasteiger partial charge in [0.05, 0.1) is 10.5 Å². The predicted molar refractivity (Wildman–Crippen MR) is 93.0 cm³/mol. The molecule has 0 amide bonds. The van der Waals surface area contributed by atoms with Crippen molar-refractivity contribution in [2.45, 2.75) is 6.92 Å². The number of furan rings is 1. The number of para-hydroxylation sites is 1. The Hall–Kier alpha value is -2.85. The molecule has 0 fully saturated rings. The summed E-state index contributed by atoms with van der Waals surface area (Å²) in [6.07, 6.45) is 1.44. The molecule has 2 heterocycles. The van der Waals surface area contributed by atoms with E-state index in [1.165, 1.54) is 13.2 Å². The summed E-state index contributed by atoms with van der Waals surface area (Å²) in [6.45, 7) is 1.52. The number of ether oxygens (including phenoxy) is 1. The maximum absolute atomic E-state index is 11.6. The molecule has 0 saturated carbocycles. The molecule has 4 rings (SSSR count). The molecule has 0 aliphatic carbocycles. The fourth-order valence-corrected chi connectivity index (χ4v) is 2.84. The molecule has 24 heavy (non-hydrogen) atoms. The van der Waals surface area contributed by atoms with E-state index in [2.05, 4.69) is 4.98 Å². The van der Waals surface area contributed by atoms with Crippen molar-refractivity contribution < 1.29 is 13.9 Å². The van der Waals surface area contributed by atoms with Crippen LogP contribution in [0.1, 0.15) is 17.3 Å². The van der Waals surface area contributed by atoms with Gasteiger partial charge in [-0.05, 0) is 31.2 Å². The maximum atomic E-state index is 11.6. The van der Waals surface area contributed by atoms with Crippen LogP contribution < -0.4 is 4.74 Å². The third-order valence-electron chi connectivity index (χ3n) is 3.78. The Bertz CT molecular complexity index is 1080. The number of Topliss-reactive ketones (excluding diaryl/α,β-unsaturated/α-hetero) is 1. The zero-order valence-electron chi connectivity index (χ0n) is 12.7. The summed E-state index contributed by atoms with van der Waals surface area (Å²) in [5, 5.41) is 1.87. The van der Waals surface area contributed by atoms with Gasteiger partial charge in [0, 0.05) is 10.9 Å². The third kappa shape index (κ3) is 2.41. The molecule has 0 atom stereocenters. The lowest BCUT2D eigenvalue weighted by molar-refractivity contribution is 0.101. The minimum atomic E-state index is -0.0217. The van der Waals surface area contributed by atoms with Crippen LogP contribution in [0.2, 0.25) is 5.02 Å². The van der Waals surface area contributed by atoms with Gasteiger partial charge in [-0.3, -0.25) is 4.79 Å². The molecule has 0 aliphatic rings. The van der Waals surface area contributed by atoms with E-state index in [0.29, 0.717) is 33.2 Å². The number of hydrogen-bond donors (Lipinski definition) is 0. The number of halogens is 1. The summed E-state index contributed by atoms with van der Waals surface area (Å²) in [4.78, 5) is 16.0. The minimum Gasteiger partial charge on any atom is -0.456 e. The molecule has 4 nitrogen and oxygen atoms in total. The van der Waals surface area contributed by atoms with Crippen molar-refractivity contribution in [3.05, 3.63) is 65.4 Å². The SMILES string of the molecule is CC(=O)c1cccc(Oc2c3ccccc3nc3occ(Cl)c23)c1. The summed E-state index contributed by atoms with van der Waals surface area (Å²) in [6, 6.07) is 14.6. The molecule has 0 aliphatic heterocycles. The number of hydrogen-bond acceptors (Lipinski definition) is 4. The first kappa shape index (κ1) is 14.7. The normalized spacial score (nSPS) is 11.1. The largest absolute Gasteiger partial charge is 0.456 e. The molecular formula is C19H12ClNO3. The molecule has 0 saturated heterocycles. The number of rotatable bonds is 3. The lowest BCUT2D eigenvalue weighted by Crippen LogP contribution is -1.94. The van der Waals surface area contributed by atoms with E-state index in [9.17, 15) is 4.79 Å². The average molecular weight is 338 g/mol. The van der Waals surface area contributed by atoms with Crippen molar-refractivity contribution in [1.29, 1.82) is 0 Å². The van der Waals surface area contributed by atoms with Crippen LogP contribution in [0.3, 0.4) is 0 Å². The standard InChI is InChI=1S/C19H12ClNO3/c1-11(22)12-5-4-6-13(9-12)24-18-14-7-2-3-8-16(14)21-19-17(18)15(20)10-23-19/h2-10H,1H3. The van der Waals surface area contributed by atoms with Crippen LogP contribution in [-0.2, 0) is 0 Å². The van der Waals surface area contributed by atoms with Crippen LogP contribution in [0.25, 0.3) is 22.0 Å². The Morgan fingerprint density at radius 2 is 2.00 bits per heavy atom. The van der Waals surface area contributed by atoms with E-state index in [4.69, 9.17) is 20.8 Å². The number of nitrogens with zero attached hydrogens (tertiary/aromatic N) is 1. The number of carbonyl (C=O) groups excluding carboxylic acids is 1. The van der Waals surface area contributed by atoms with E-state index < -0.39 is 0 Å². The van der Waals surface area contributed by atoms with Gasteiger partial charge in [-0.15, -0.1) is 0 Å². The number of benzene rings is 2. The molecule has 0 N–H and O–H groups in total. The van der Waals surface area contributed by atoms with Crippen molar-refractivity contribution in [3.63, 3.8) is 0 Å². The van der Waals surface area contributed by atoms with Gasteiger partial charge in [-0.1, -0.05) is 35.9 Å². The molecule has 0 bridgehead atoms. The Balaban J connectivity index is 1.95. The molecule has 2 aromatic heterocycles. The quantitative estimate of drug-likeness (QED) is 0.455. The Morgan fingerprint density at radius 3 is 2.83 bits per heavy atom. The summed E-state index contributed by atoms with van der Waals surface area (Å²) < 4.78 is 11.5. The second kappa shape index (κ2) is 5.65. The maximum Gasteiger partial charge on any atom is 0.231 e. The monoisotopic (exact) mass is 337 g/mol. The Labute approximate surface area is 142 Å². The highest BCUT2D eigenvalue weighted by Gasteiger charge is 2.17. The van der Waals surface area contributed by atoms with Gasteiger partial charge in [0.25, 0.3) is 0 Å². The van der Waals surface area contributed by atoms with E-state index in [1.54, 1.807) is 24.3 Å². The van der Waals surface area contributed by atoms with Crippen molar-refractivity contribution in [3.8, 4) is 11.5 Å². The van der Waals surface area contributed by atoms with Crippen molar-refractivity contribution >= 4 is 39.4 Å². The first-order valence-corrected chi connectivity index (χ1v) is 7.75. The van der Waals surface area contributed by atoms with Crippen LogP contribution in [0.4, 0.5) is 0 Å². The van der Waals surface area contributed by atoms with Gasteiger partial charge in [-0.25, -0.2) is 4.98 Å². The highest BCUT2D eigenvalue weighted by molar-refractivity contribution is 6.36. The summed E-state index contributed by atoms with van der Waals surface area (Å²) in [5.74, 6) is 1.10. The minimum absolute atomic E-state index is 0.0217. The van der Waals surface area contributed by atoms with Crippen molar-refractivity contribution in [2.75, 3.05) is 0 Å². The molecule has 118 valence electrons. The number of fused-ring (bicyclic) bond motifs is 2. The predicted octanol–water partition coefficient (Wildman–Crippen LogP) is 5.63. The topological polar surface area (TPSA) is 52.3 Å². The van der Waals surface area contributed by atoms with Crippen LogP contribution in [0, 0.1) is 0 Å². The number of ketones is 1. The zero-order valence-corrected chi connectivity index (χ0v) is 13.5. The van der Waals surface area contributed by atoms with Crippen LogP contribution in [0.15, 0.2) is 59.2 Å². The summed E-state index contributed by atoms with van der Waals surface area (Å²) in [5.41, 5.74) is 1.74. The lowest BCUT2D eigenvalue weighted by atomic mass is 10.1. The van der Waals surface area contributed by atoms with Gasteiger partial charge < -0.3 is 9.15 Å². The molecule has 2 aromatic carbocycles. The van der Waals surface area contributed by atoms with E-state index in [0.717, 1.165) is 10.9 Å². The lowest BCUT2D eigenvalue weighted by Gasteiger charge is -2.11. The molecular weight excluding hydrogens is 326 g/mol. The highest BCUT2D eigenvalue weighted by Crippen LogP contribution is 2.40. The van der Waals surface area contributed by atoms with Crippen LogP contribution in [0.5, 0.6) is 11.5 Å². The highest BCUT2D eigenvalue weighted by atomic mass is 35.5. The number of pyridine rings is 1. The third-order valence-corrected chi connectivity index (χ3v) is 4.06. The van der Waals surface area contributed by atoms with E-state index >= 15 is 0 Å². The zero-order chi connectivity index (χ0) is 16.7. The summed E-state index contributed by atoms with van der Waals surface area (Å²) in [7, 11) is 0.